The van der Waals surface area contributed by atoms with Crippen LogP contribution in [0.2, 0.25) is 0 Å². The molecule has 3 heterocycles. The number of aromatic nitrogens is 1. The van der Waals surface area contributed by atoms with E-state index in [0.717, 1.165) is 30.0 Å². The lowest BCUT2D eigenvalue weighted by Gasteiger charge is -2.06. The van der Waals surface area contributed by atoms with Crippen LogP contribution >= 0.6 is 11.3 Å². The molecule has 0 bridgehead atoms. The number of fused-ring (bicyclic) bond motifs is 1. The molecule has 1 amide bonds. The number of hydrogen-bond acceptors (Lipinski definition) is 6. The first-order valence-corrected chi connectivity index (χ1v) is 10.2. The number of hydrogen-bond donors (Lipinski definition) is 1. The lowest BCUT2D eigenvalue weighted by molar-refractivity contribution is 0.103. The molecule has 0 saturated carbocycles. The molecule has 1 N–H and O–H groups in total. The van der Waals surface area contributed by atoms with E-state index in [-0.39, 0.29) is 17.8 Å². The molecule has 24 heavy (non-hydrogen) atoms. The molecule has 126 valence electrons. The number of nitrogens with zero attached hydrogens (tertiary/aromatic N) is 1. The van der Waals surface area contributed by atoms with E-state index in [1.165, 1.54) is 17.4 Å². The molecular weight excluding hydrogens is 348 g/mol. The first-order chi connectivity index (χ1) is 11.5. The molecule has 2 aliphatic rings. The number of aryl methyl sites for hydroxylation is 1. The van der Waals surface area contributed by atoms with E-state index < -0.39 is 9.84 Å². The third-order valence-corrected chi connectivity index (χ3v) is 7.13. The molecule has 1 atom stereocenters. The average molecular weight is 364 g/mol. The number of ether oxygens (including phenoxy) is 1. The van der Waals surface area contributed by atoms with Gasteiger partial charge in [-0.05, 0) is 37.0 Å². The lowest BCUT2D eigenvalue weighted by Crippen LogP contribution is -2.10. The summed E-state index contributed by atoms with van der Waals surface area (Å²) in [4.78, 5) is 17.5. The average Bonchev–Trinajstić information content (AvgIpc) is 3.28. The van der Waals surface area contributed by atoms with Gasteiger partial charge in [-0.2, -0.15) is 0 Å². The van der Waals surface area contributed by atoms with Crippen LogP contribution in [0.5, 0.6) is 0 Å². The topological polar surface area (TPSA) is 85.4 Å². The van der Waals surface area contributed by atoms with Crippen molar-refractivity contribution in [2.24, 2.45) is 0 Å². The van der Waals surface area contributed by atoms with Crippen molar-refractivity contribution in [3.63, 3.8) is 0 Å². The Kier molecular flexibility index (Phi) is 3.90. The summed E-state index contributed by atoms with van der Waals surface area (Å²) in [6.07, 6.45) is 4.00. The fourth-order valence-corrected chi connectivity index (χ4v) is 5.47. The Morgan fingerprint density at radius 1 is 1.38 bits per heavy atom. The van der Waals surface area contributed by atoms with Gasteiger partial charge in [0.2, 0.25) is 0 Å². The van der Waals surface area contributed by atoms with Gasteiger partial charge in [0.05, 0.1) is 16.8 Å². The van der Waals surface area contributed by atoms with Gasteiger partial charge in [-0.1, -0.05) is 6.07 Å². The van der Waals surface area contributed by atoms with Crippen LogP contribution in [0.25, 0.3) is 0 Å². The summed E-state index contributed by atoms with van der Waals surface area (Å²) >= 11 is 1.32. The smallest absolute Gasteiger partial charge is 0.267 e. The second-order valence-corrected chi connectivity index (χ2v) is 9.05. The van der Waals surface area contributed by atoms with Crippen molar-refractivity contribution in [1.82, 2.24) is 4.98 Å². The molecule has 6 nitrogen and oxygen atoms in total. The second-order valence-electron chi connectivity index (χ2n) is 5.91. The zero-order valence-electron chi connectivity index (χ0n) is 12.8. The molecule has 2 aliphatic heterocycles. The minimum absolute atomic E-state index is 0.0123. The van der Waals surface area contributed by atoms with Crippen LogP contribution in [0, 0.1) is 0 Å². The normalized spacial score (nSPS) is 21.6. The van der Waals surface area contributed by atoms with Crippen LogP contribution in [-0.4, -0.2) is 31.7 Å². The fraction of sp³-hybridized carbons (Fsp3) is 0.375. The number of amides is 1. The van der Waals surface area contributed by atoms with Gasteiger partial charge in [0.1, 0.15) is 16.0 Å². The van der Waals surface area contributed by atoms with E-state index in [9.17, 15) is 13.2 Å². The van der Waals surface area contributed by atoms with Gasteiger partial charge in [0.25, 0.3) is 5.91 Å². The molecule has 4 rings (SSSR count). The first kappa shape index (κ1) is 15.7. The van der Waals surface area contributed by atoms with E-state index >= 15 is 0 Å². The summed E-state index contributed by atoms with van der Waals surface area (Å²) in [6.45, 7) is 0.732. The van der Waals surface area contributed by atoms with Gasteiger partial charge in [-0.25, -0.2) is 13.4 Å². The maximum atomic E-state index is 12.4. The van der Waals surface area contributed by atoms with Gasteiger partial charge in [0, 0.05) is 12.3 Å². The summed E-state index contributed by atoms with van der Waals surface area (Å²) in [5.74, 6) is -0.147. The second kappa shape index (κ2) is 5.94. The molecule has 0 spiro atoms. The summed E-state index contributed by atoms with van der Waals surface area (Å²) < 4.78 is 29.5. The maximum Gasteiger partial charge on any atom is 0.267 e. The minimum Gasteiger partial charge on any atom is -0.371 e. The number of benzene rings is 1. The lowest BCUT2D eigenvalue weighted by atomic mass is 10.1. The molecule has 1 aromatic heterocycles. The van der Waals surface area contributed by atoms with Crippen LogP contribution in [-0.2, 0) is 21.0 Å². The SMILES string of the molecule is O=C(Nc1ccc2c(c1)S(=O)(=O)CC2)c1cnc(C2CCCO2)s1. The molecular formula is C16H16N2O4S2. The van der Waals surface area contributed by atoms with Gasteiger partial charge < -0.3 is 10.1 Å². The maximum absolute atomic E-state index is 12.4. The van der Waals surface area contributed by atoms with Crippen molar-refractivity contribution in [2.45, 2.75) is 30.3 Å². The fourth-order valence-electron chi connectivity index (χ4n) is 2.99. The molecule has 8 heteroatoms. The number of rotatable bonds is 3. The molecule has 1 fully saturated rings. The number of carbonyl (C=O) groups excluding carboxylic acids is 1. The monoisotopic (exact) mass is 364 g/mol. The zero-order chi connectivity index (χ0) is 16.7. The predicted octanol–water partition coefficient (Wildman–Crippen LogP) is 2.58. The van der Waals surface area contributed by atoms with Crippen LogP contribution in [0.15, 0.2) is 29.3 Å². The van der Waals surface area contributed by atoms with Crippen LogP contribution in [0.4, 0.5) is 5.69 Å². The van der Waals surface area contributed by atoms with E-state index in [0.29, 0.717) is 21.9 Å². The number of carbonyl (C=O) groups is 1. The van der Waals surface area contributed by atoms with E-state index in [2.05, 4.69) is 10.3 Å². The molecule has 1 aromatic carbocycles. The van der Waals surface area contributed by atoms with Crippen molar-refractivity contribution < 1.29 is 17.9 Å². The van der Waals surface area contributed by atoms with Crippen LogP contribution < -0.4 is 5.32 Å². The Bertz CT molecular complexity index is 899. The Morgan fingerprint density at radius 3 is 3.04 bits per heavy atom. The van der Waals surface area contributed by atoms with Crippen LogP contribution in [0.1, 0.15) is 39.2 Å². The van der Waals surface area contributed by atoms with Crippen LogP contribution in [0.3, 0.4) is 0 Å². The van der Waals surface area contributed by atoms with E-state index in [1.54, 1.807) is 18.3 Å². The molecule has 2 aromatic rings. The Morgan fingerprint density at radius 2 is 2.25 bits per heavy atom. The molecule has 1 saturated heterocycles. The van der Waals surface area contributed by atoms with Crippen molar-refractivity contribution in [2.75, 3.05) is 17.7 Å². The first-order valence-electron chi connectivity index (χ1n) is 7.77. The van der Waals surface area contributed by atoms with Gasteiger partial charge in [0.15, 0.2) is 9.84 Å². The standard InChI is InChI=1S/C16H16N2O4S2/c19-15(13-9-17-16(23-13)12-2-1-6-22-12)18-11-4-3-10-5-7-24(20,21)14(10)8-11/h3-4,8-9,12H,1-2,5-7H2,(H,18,19). The van der Waals surface area contributed by atoms with Crippen molar-refractivity contribution in [3.05, 3.63) is 39.8 Å². The van der Waals surface area contributed by atoms with Crippen molar-refractivity contribution in [3.8, 4) is 0 Å². The Hall–Kier alpha value is -1.77. The summed E-state index contributed by atoms with van der Waals surface area (Å²) in [6, 6.07) is 5.04. The highest BCUT2D eigenvalue weighted by Crippen LogP contribution is 2.32. The molecule has 0 radical (unpaired) electrons. The highest BCUT2D eigenvalue weighted by Gasteiger charge is 2.27. The van der Waals surface area contributed by atoms with Gasteiger partial charge in [-0.3, -0.25) is 4.79 Å². The summed E-state index contributed by atoms with van der Waals surface area (Å²) in [5.41, 5.74) is 1.29. The van der Waals surface area contributed by atoms with Crippen molar-refractivity contribution >= 4 is 32.8 Å². The zero-order valence-corrected chi connectivity index (χ0v) is 14.5. The number of sulfone groups is 1. The van der Waals surface area contributed by atoms with Gasteiger partial charge >= 0.3 is 0 Å². The largest absolute Gasteiger partial charge is 0.371 e. The number of thiazole rings is 1. The quantitative estimate of drug-likeness (QED) is 0.905. The summed E-state index contributed by atoms with van der Waals surface area (Å²) in [5, 5.41) is 3.57. The highest BCUT2D eigenvalue weighted by atomic mass is 32.2. The molecule has 0 aliphatic carbocycles. The Balaban J connectivity index is 1.52. The number of anilines is 1. The third-order valence-electron chi connectivity index (χ3n) is 4.25. The third kappa shape index (κ3) is 2.85. The molecule has 1 unspecified atom stereocenters. The van der Waals surface area contributed by atoms with Gasteiger partial charge in [-0.15, -0.1) is 11.3 Å². The summed E-state index contributed by atoms with van der Waals surface area (Å²) in [7, 11) is -3.21. The Labute approximate surface area is 143 Å². The number of nitrogens with one attached hydrogen (secondary N) is 1. The minimum atomic E-state index is -3.21. The highest BCUT2D eigenvalue weighted by molar-refractivity contribution is 7.91. The van der Waals surface area contributed by atoms with Crippen molar-refractivity contribution in [1.29, 1.82) is 0 Å². The van der Waals surface area contributed by atoms with E-state index in [1.807, 2.05) is 0 Å². The van der Waals surface area contributed by atoms with E-state index in [4.69, 9.17) is 4.74 Å². The predicted molar refractivity (Wildman–Crippen MR) is 90.2 cm³/mol.